The number of carbonyl (C=O) groups is 2. The number of anilines is 1. The monoisotopic (exact) mass is 1070 g/mol. The van der Waals surface area contributed by atoms with Gasteiger partial charge in [0.25, 0.3) is 6.47 Å². The summed E-state index contributed by atoms with van der Waals surface area (Å²) in [6.45, 7) is 19.0. The third-order valence-corrected chi connectivity index (χ3v) is 17.5. The Morgan fingerprint density at radius 2 is 1.61 bits per heavy atom. The second-order valence-corrected chi connectivity index (χ2v) is 23.9. The summed E-state index contributed by atoms with van der Waals surface area (Å²) < 4.78 is 38.3. The van der Waals surface area contributed by atoms with Crippen LogP contribution in [0, 0.1) is 29.6 Å². The SMILES string of the molecule is CC[C@H]1OC(=O)[C@H](C)[C@@H](O[C@H]2C[C@@](C)(OC)[C@@H](O)[C@H](C)O2)[C@H](C)[C@@H](O[C@@H]2O[C@H](C)C[C@H](N(C)C)[C@H]2O)[C@](C)(O)C[C@@H](C)CN(CCCNC(=S)Nc2ccc(C3CC4CCC3C4)cc2)[C@H](C)[C@@H](O)[C@]1(C)O.O=CO. The van der Waals surface area contributed by atoms with Crippen LogP contribution < -0.4 is 10.6 Å². The van der Waals surface area contributed by atoms with E-state index in [1.165, 1.54) is 45.3 Å². The van der Waals surface area contributed by atoms with E-state index in [9.17, 15) is 30.3 Å². The molecule has 74 heavy (non-hydrogen) atoms. The normalized spacial score (nSPS) is 42.6. The van der Waals surface area contributed by atoms with Gasteiger partial charge >= 0.3 is 5.97 Å². The summed E-state index contributed by atoms with van der Waals surface area (Å²) in [5, 5.41) is 74.3. The Balaban J connectivity index is 0.00000330. The van der Waals surface area contributed by atoms with Gasteiger partial charge in [-0.3, -0.25) is 14.5 Å². The summed E-state index contributed by atoms with van der Waals surface area (Å²) in [7, 11) is 5.30. The van der Waals surface area contributed by atoms with E-state index in [2.05, 4.69) is 39.8 Å². The fraction of sp³-hybridized carbons (Fsp3) is 0.836. The van der Waals surface area contributed by atoms with Gasteiger partial charge in [-0.1, -0.05) is 39.3 Å². The first-order valence-electron chi connectivity index (χ1n) is 27.2. The Bertz CT molecular complexity index is 1930. The number of benzene rings is 1. The molecule has 3 heterocycles. The maximum absolute atomic E-state index is 14.6. The van der Waals surface area contributed by atoms with Crippen LogP contribution >= 0.6 is 12.2 Å². The van der Waals surface area contributed by atoms with Gasteiger partial charge in [0, 0.05) is 56.9 Å². The van der Waals surface area contributed by atoms with Gasteiger partial charge in [0.2, 0.25) is 0 Å². The number of fused-ring (bicyclic) bond motifs is 2. The van der Waals surface area contributed by atoms with E-state index in [4.69, 9.17) is 50.5 Å². The largest absolute Gasteiger partial charge is 0.483 e. The van der Waals surface area contributed by atoms with E-state index in [0.29, 0.717) is 43.5 Å². The number of likely N-dealkylation sites (N-methyl/N-ethyl adjacent to an activating group) is 1. The number of cyclic esters (lactones) is 1. The van der Waals surface area contributed by atoms with Gasteiger partial charge < -0.3 is 74.6 Å². The van der Waals surface area contributed by atoms with Gasteiger partial charge in [-0.05, 0) is 161 Å². The molecular formula is C55H94N4O14S. The van der Waals surface area contributed by atoms with Crippen molar-refractivity contribution < 1.29 is 68.6 Å². The fourth-order valence-electron chi connectivity index (χ4n) is 13.0. The quantitative estimate of drug-likeness (QED) is 0.0545. The van der Waals surface area contributed by atoms with Crippen molar-refractivity contribution in [3.63, 3.8) is 0 Å². The number of hydrogen-bond acceptors (Lipinski definition) is 16. The smallest absolute Gasteiger partial charge is 0.311 e. The molecule has 0 radical (unpaired) electrons. The van der Waals surface area contributed by atoms with Crippen LogP contribution in [0.25, 0.3) is 0 Å². The first-order chi connectivity index (χ1) is 34.7. The third kappa shape index (κ3) is 15.1. The van der Waals surface area contributed by atoms with Crippen molar-refractivity contribution in [1.82, 2.24) is 15.1 Å². The highest BCUT2D eigenvalue weighted by Gasteiger charge is 2.53. The van der Waals surface area contributed by atoms with Crippen LogP contribution in [0.1, 0.15) is 139 Å². The number of rotatable bonds is 13. The summed E-state index contributed by atoms with van der Waals surface area (Å²) in [5.74, 6) is -0.399. The number of hydrogen-bond donors (Lipinski definition) is 8. The van der Waals surface area contributed by atoms with Crippen LogP contribution in [0.15, 0.2) is 24.3 Å². The van der Waals surface area contributed by atoms with Crippen molar-refractivity contribution in [3.8, 4) is 0 Å². The number of nitrogens with one attached hydrogen (secondary N) is 2. The molecule has 0 aromatic heterocycles. The summed E-state index contributed by atoms with van der Waals surface area (Å²) in [6, 6.07) is 7.75. The van der Waals surface area contributed by atoms with Crippen molar-refractivity contribution in [2.75, 3.05) is 46.2 Å². The summed E-state index contributed by atoms with van der Waals surface area (Å²) >= 11 is 5.73. The minimum atomic E-state index is -1.88. The highest BCUT2D eigenvalue weighted by Crippen LogP contribution is 2.53. The molecule has 5 aliphatic rings. The molecule has 0 amide bonds. The number of methoxy groups -OCH3 is 1. The Morgan fingerprint density at radius 3 is 2.19 bits per heavy atom. The minimum absolute atomic E-state index is 0.115. The van der Waals surface area contributed by atoms with Crippen molar-refractivity contribution in [3.05, 3.63) is 29.8 Å². The predicted octanol–water partition coefficient (Wildman–Crippen LogP) is 5.25. The van der Waals surface area contributed by atoms with Gasteiger partial charge in [0.1, 0.15) is 30.0 Å². The Kier molecular flexibility index (Phi) is 22.5. The molecule has 21 atom stereocenters. The lowest BCUT2D eigenvalue weighted by Gasteiger charge is -2.48. The third-order valence-electron chi connectivity index (χ3n) is 17.3. The van der Waals surface area contributed by atoms with E-state index in [0.717, 1.165) is 17.5 Å². The Hall–Kier alpha value is -2.63. The number of aliphatic hydroxyl groups is 5. The molecule has 0 spiro atoms. The van der Waals surface area contributed by atoms with Crippen molar-refractivity contribution in [1.29, 1.82) is 0 Å². The van der Waals surface area contributed by atoms with Crippen LogP contribution in [-0.4, -0.2) is 189 Å². The van der Waals surface area contributed by atoms with Gasteiger partial charge in [-0.25, -0.2) is 0 Å². The molecule has 2 bridgehead atoms. The van der Waals surface area contributed by atoms with Crippen molar-refractivity contribution >= 4 is 35.5 Å². The minimum Gasteiger partial charge on any atom is -0.483 e. The van der Waals surface area contributed by atoms with Gasteiger partial charge in [0.15, 0.2) is 17.7 Å². The molecule has 6 rings (SSSR count). The number of thiocarbonyl (C=S) groups is 1. The molecule has 2 saturated carbocycles. The lowest BCUT2D eigenvalue weighted by atomic mass is 9.77. The molecule has 1 aromatic rings. The zero-order valence-corrected chi connectivity index (χ0v) is 47.3. The van der Waals surface area contributed by atoms with Crippen molar-refractivity contribution in [2.24, 2.45) is 29.6 Å². The maximum Gasteiger partial charge on any atom is 0.311 e. The van der Waals surface area contributed by atoms with Gasteiger partial charge in [-0.2, -0.15) is 0 Å². The second kappa shape index (κ2) is 26.8. The molecule has 3 unspecified atom stereocenters. The summed E-state index contributed by atoms with van der Waals surface area (Å²) in [4.78, 5) is 27.0. The molecular weight excluding hydrogens is 973 g/mol. The number of aliphatic hydroxyl groups excluding tert-OH is 3. The number of esters is 1. The maximum atomic E-state index is 14.6. The lowest BCUT2D eigenvalue weighted by molar-refractivity contribution is -0.318. The lowest BCUT2D eigenvalue weighted by Crippen LogP contribution is -2.60. The van der Waals surface area contributed by atoms with E-state index in [1.807, 2.05) is 46.7 Å². The van der Waals surface area contributed by atoms with Crippen LogP contribution in [0.4, 0.5) is 5.69 Å². The van der Waals surface area contributed by atoms with Gasteiger partial charge in [0.05, 0.1) is 41.5 Å². The van der Waals surface area contributed by atoms with Crippen LogP contribution in [-0.2, 0) is 38.0 Å². The first kappa shape index (κ1) is 62.2. The predicted molar refractivity (Wildman–Crippen MR) is 285 cm³/mol. The Labute approximate surface area is 446 Å². The van der Waals surface area contributed by atoms with E-state index in [-0.39, 0.29) is 43.8 Å². The van der Waals surface area contributed by atoms with Crippen LogP contribution in [0.2, 0.25) is 0 Å². The number of nitrogens with zero attached hydrogens (tertiary/aromatic N) is 2. The standard InChI is InChI=1S/C54H92N4O12S.CH2O2/c1-14-42-54(10,64)46(60)34(6)58(23-15-22-55-51(71)56-39-20-18-37(19-21-39)40-26-36-16-17-38(40)25-36)29-30(2)27-52(8,63)48(70-50-44(59)41(57(11)12)24-31(3)66-50)32(4)45(33(5)49(62)68-42)69-43-28-53(9,65-13)47(61)35(7)67-43;2-1-3/h18-21,30-36,38,40-48,50,59-61,63-64H,14-17,22-29H2,1-13H3,(H2,55,56,71);1H,(H,2,3)/t30-,31-,32+,33-,34-,35+,36?,38?,40?,41+,42-,43+,44-,45+,46-,47+,48-,50+,52-,53-,54-;/m1./s1. The molecule has 5 fully saturated rings. The molecule has 1 aromatic carbocycles. The Morgan fingerprint density at radius 1 is 0.946 bits per heavy atom. The summed E-state index contributed by atoms with van der Waals surface area (Å²) in [6.07, 6.45) is -2.70. The summed E-state index contributed by atoms with van der Waals surface area (Å²) in [5.41, 5.74) is -2.21. The van der Waals surface area contributed by atoms with Gasteiger partial charge in [-0.15, -0.1) is 0 Å². The van der Waals surface area contributed by atoms with E-state index >= 15 is 0 Å². The number of ether oxygens (including phenoxy) is 6. The van der Waals surface area contributed by atoms with E-state index < -0.39 is 96.0 Å². The topological polar surface area (TPSA) is 241 Å². The zero-order valence-electron chi connectivity index (χ0n) is 46.5. The molecule has 2 aliphatic carbocycles. The van der Waals surface area contributed by atoms with Crippen LogP contribution in [0.3, 0.4) is 0 Å². The average molecular weight is 1070 g/mol. The highest BCUT2D eigenvalue weighted by molar-refractivity contribution is 7.80. The molecule has 3 saturated heterocycles. The molecule has 8 N–H and O–H groups in total. The van der Waals surface area contributed by atoms with E-state index in [1.54, 1.807) is 34.6 Å². The average Bonchev–Trinajstić information content (AvgIpc) is 3.99. The molecule has 19 heteroatoms. The first-order valence-corrected chi connectivity index (χ1v) is 27.6. The van der Waals surface area contributed by atoms with Crippen LogP contribution in [0.5, 0.6) is 0 Å². The van der Waals surface area contributed by atoms with Crippen molar-refractivity contribution in [2.45, 2.75) is 223 Å². The molecule has 424 valence electrons. The fourth-order valence-corrected chi connectivity index (χ4v) is 13.2. The second-order valence-electron chi connectivity index (χ2n) is 23.5. The zero-order chi connectivity index (χ0) is 55.0. The molecule has 3 aliphatic heterocycles. The highest BCUT2D eigenvalue weighted by atomic mass is 32.1. The number of carbonyl (C=O) groups excluding carboxylic acids is 1. The molecule has 18 nitrogen and oxygen atoms in total. The number of carboxylic acid groups (broad SMARTS) is 1.